The molecular weight excluding hydrogens is 272 g/mol. The first-order chi connectivity index (χ1) is 10.6. The maximum atomic E-state index is 12.6. The van der Waals surface area contributed by atoms with Gasteiger partial charge in [-0.3, -0.25) is 4.79 Å². The van der Waals surface area contributed by atoms with E-state index in [4.69, 9.17) is 0 Å². The summed E-state index contributed by atoms with van der Waals surface area (Å²) in [6, 6.07) is 14.6. The number of carbonyl (C=O) groups excluding carboxylic acids is 1. The maximum absolute atomic E-state index is 12.6. The van der Waals surface area contributed by atoms with Crippen LogP contribution in [0.25, 0.3) is 0 Å². The van der Waals surface area contributed by atoms with E-state index < -0.39 is 0 Å². The van der Waals surface area contributed by atoms with Crippen LogP contribution in [0.2, 0.25) is 0 Å². The molecule has 1 amide bonds. The third kappa shape index (κ3) is 2.71. The summed E-state index contributed by atoms with van der Waals surface area (Å²) in [5, 5.41) is 3.28. The van der Waals surface area contributed by atoms with Crippen molar-refractivity contribution in [3.63, 3.8) is 0 Å². The molecule has 0 radical (unpaired) electrons. The lowest BCUT2D eigenvalue weighted by Gasteiger charge is -2.23. The van der Waals surface area contributed by atoms with Gasteiger partial charge in [0.25, 0.3) is 0 Å². The third-order valence-corrected chi connectivity index (χ3v) is 4.29. The third-order valence-electron chi connectivity index (χ3n) is 4.29. The fraction of sp³-hybridized carbons (Fsp3) is 0.316. The number of fused-ring (bicyclic) bond motifs is 1. The summed E-state index contributed by atoms with van der Waals surface area (Å²) in [7, 11) is 0. The van der Waals surface area contributed by atoms with E-state index in [0.29, 0.717) is 6.54 Å². The Morgan fingerprint density at radius 3 is 2.77 bits per heavy atom. The van der Waals surface area contributed by atoms with Crippen LogP contribution in [0.1, 0.15) is 23.6 Å². The molecule has 1 aliphatic heterocycles. The highest BCUT2D eigenvalue weighted by atomic mass is 16.2. The molecule has 1 N–H and O–H groups in total. The SMILES string of the molecule is Cc1ccc(NCC(=O)N2c3ccccc3C[C@@H]2C)c(C)c1. The number of carbonyl (C=O) groups is 1. The van der Waals surface area contributed by atoms with Gasteiger partial charge < -0.3 is 10.2 Å². The average Bonchev–Trinajstić information content (AvgIpc) is 2.82. The van der Waals surface area contributed by atoms with E-state index in [9.17, 15) is 4.79 Å². The van der Waals surface area contributed by atoms with Gasteiger partial charge in [-0.25, -0.2) is 0 Å². The molecule has 0 saturated heterocycles. The molecule has 0 bridgehead atoms. The van der Waals surface area contributed by atoms with Gasteiger partial charge in [-0.1, -0.05) is 35.9 Å². The number of hydrogen-bond acceptors (Lipinski definition) is 2. The highest BCUT2D eigenvalue weighted by Crippen LogP contribution is 2.31. The second-order valence-corrected chi connectivity index (χ2v) is 6.12. The highest BCUT2D eigenvalue weighted by Gasteiger charge is 2.30. The van der Waals surface area contributed by atoms with Crippen LogP contribution in [0.15, 0.2) is 42.5 Å². The van der Waals surface area contributed by atoms with Crippen LogP contribution >= 0.6 is 0 Å². The summed E-state index contributed by atoms with van der Waals surface area (Å²) in [5.41, 5.74) is 5.75. The van der Waals surface area contributed by atoms with E-state index in [0.717, 1.165) is 17.8 Å². The van der Waals surface area contributed by atoms with Crippen LogP contribution in [-0.2, 0) is 11.2 Å². The van der Waals surface area contributed by atoms with Gasteiger partial charge in [-0.05, 0) is 50.5 Å². The molecule has 0 saturated carbocycles. The van der Waals surface area contributed by atoms with Crippen LogP contribution in [-0.4, -0.2) is 18.5 Å². The molecule has 0 unspecified atom stereocenters. The first kappa shape index (κ1) is 14.6. The predicted molar refractivity (Wildman–Crippen MR) is 91.5 cm³/mol. The number of anilines is 2. The van der Waals surface area contributed by atoms with E-state index in [1.807, 2.05) is 29.2 Å². The zero-order valence-corrected chi connectivity index (χ0v) is 13.4. The lowest BCUT2D eigenvalue weighted by atomic mass is 10.1. The number of nitrogens with zero attached hydrogens (tertiary/aromatic N) is 1. The van der Waals surface area contributed by atoms with Crippen molar-refractivity contribution in [2.45, 2.75) is 33.2 Å². The molecular formula is C19H22N2O. The number of para-hydroxylation sites is 1. The molecule has 22 heavy (non-hydrogen) atoms. The first-order valence-electron chi connectivity index (χ1n) is 7.77. The normalized spacial score (nSPS) is 16.5. The lowest BCUT2D eigenvalue weighted by Crippen LogP contribution is -2.39. The highest BCUT2D eigenvalue weighted by molar-refractivity contribution is 5.98. The van der Waals surface area contributed by atoms with E-state index in [2.05, 4.69) is 44.3 Å². The smallest absolute Gasteiger partial charge is 0.246 e. The number of nitrogens with one attached hydrogen (secondary N) is 1. The van der Waals surface area contributed by atoms with Gasteiger partial charge in [0.2, 0.25) is 5.91 Å². The minimum absolute atomic E-state index is 0.123. The fourth-order valence-corrected chi connectivity index (χ4v) is 3.21. The standard InChI is InChI=1S/C19H22N2O/c1-13-8-9-17(14(2)10-13)20-12-19(22)21-15(3)11-16-6-4-5-7-18(16)21/h4-10,15,20H,11-12H2,1-3H3/t15-/m0/s1. The number of benzene rings is 2. The fourth-order valence-electron chi connectivity index (χ4n) is 3.21. The summed E-state index contributed by atoms with van der Waals surface area (Å²) in [4.78, 5) is 14.6. The monoisotopic (exact) mass is 294 g/mol. The molecule has 3 rings (SSSR count). The van der Waals surface area contributed by atoms with Gasteiger partial charge in [0, 0.05) is 17.4 Å². The molecule has 3 nitrogen and oxygen atoms in total. The van der Waals surface area contributed by atoms with E-state index >= 15 is 0 Å². The maximum Gasteiger partial charge on any atom is 0.246 e. The zero-order valence-electron chi connectivity index (χ0n) is 13.4. The quantitative estimate of drug-likeness (QED) is 0.936. The molecule has 1 heterocycles. The Balaban J connectivity index is 1.72. The molecule has 3 heteroatoms. The van der Waals surface area contributed by atoms with E-state index in [1.165, 1.54) is 16.7 Å². The van der Waals surface area contributed by atoms with Crippen LogP contribution in [0.5, 0.6) is 0 Å². The second-order valence-electron chi connectivity index (χ2n) is 6.12. The van der Waals surface area contributed by atoms with Crippen molar-refractivity contribution in [2.75, 3.05) is 16.8 Å². The Kier molecular flexibility index (Phi) is 3.88. The molecule has 1 aliphatic rings. The molecule has 2 aromatic rings. The van der Waals surface area contributed by atoms with Crippen molar-refractivity contribution in [2.24, 2.45) is 0 Å². The van der Waals surface area contributed by atoms with Crippen LogP contribution < -0.4 is 10.2 Å². The van der Waals surface area contributed by atoms with Crippen LogP contribution in [0, 0.1) is 13.8 Å². The molecule has 0 spiro atoms. The minimum atomic E-state index is 0.123. The second kappa shape index (κ2) is 5.84. The van der Waals surface area contributed by atoms with Crippen molar-refractivity contribution in [1.82, 2.24) is 0 Å². The number of aryl methyl sites for hydroxylation is 2. The molecule has 0 aliphatic carbocycles. The van der Waals surface area contributed by atoms with Crippen molar-refractivity contribution >= 4 is 17.3 Å². The number of amides is 1. The number of rotatable bonds is 3. The molecule has 0 aromatic heterocycles. The Morgan fingerprint density at radius 2 is 2.00 bits per heavy atom. The Labute approximate surface area is 132 Å². The summed E-state index contributed by atoms with van der Waals surface area (Å²) in [6.07, 6.45) is 0.936. The van der Waals surface area contributed by atoms with Gasteiger partial charge in [0.05, 0.1) is 6.54 Å². The number of hydrogen-bond donors (Lipinski definition) is 1. The summed E-state index contributed by atoms with van der Waals surface area (Å²) >= 11 is 0. The van der Waals surface area contributed by atoms with Crippen molar-refractivity contribution in [3.05, 3.63) is 59.2 Å². The van der Waals surface area contributed by atoms with E-state index in [1.54, 1.807) is 0 Å². The van der Waals surface area contributed by atoms with Gasteiger partial charge in [0.15, 0.2) is 0 Å². The average molecular weight is 294 g/mol. The zero-order chi connectivity index (χ0) is 15.7. The molecule has 0 fully saturated rings. The van der Waals surface area contributed by atoms with Crippen molar-refractivity contribution in [3.8, 4) is 0 Å². The minimum Gasteiger partial charge on any atom is -0.376 e. The largest absolute Gasteiger partial charge is 0.376 e. The Morgan fingerprint density at radius 1 is 1.23 bits per heavy atom. The van der Waals surface area contributed by atoms with Crippen molar-refractivity contribution < 1.29 is 4.79 Å². The predicted octanol–water partition coefficient (Wildman–Crippen LogP) is 3.69. The summed E-state index contributed by atoms with van der Waals surface area (Å²) < 4.78 is 0. The molecule has 114 valence electrons. The molecule has 1 atom stereocenters. The summed E-state index contributed by atoms with van der Waals surface area (Å²) in [6.45, 7) is 6.57. The lowest BCUT2D eigenvalue weighted by molar-refractivity contribution is -0.117. The molecule has 2 aromatic carbocycles. The van der Waals surface area contributed by atoms with Crippen LogP contribution in [0.3, 0.4) is 0 Å². The Bertz CT molecular complexity index is 708. The van der Waals surface area contributed by atoms with Crippen molar-refractivity contribution in [1.29, 1.82) is 0 Å². The topological polar surface area (TPSA) is 32.3 Å². The van der Waals surface area contributed by atoms with Gasteiger partial charge in [0.1, 0.15) is 0 Å². The first-order valence-corrected chi connectivity index (χ1v) is 7.77. The van der Waals surface area contributed by atoms with Gasteiger partial charge in [-0.2, -0.15) is 0 Å². The summed E-state index contributed by atoms with van der Waals surface area (Å²) in [5.74, 6) is 0.123. The Hall–Kier alpha value is -2.29. The van der Waals surface area contributed by atoms with Crippen LogP contribution in [0.4, 0.5) is 11.4 Å². The van der Waals surface area contributed by atoms with Gasteiger partial charge >= 0.3 is 0 Å². The van der Waals surface area contributed by atoms with Gasteiger partial charge in [-0.15, -0.1) is 0 Å². The van der Waals surface area contributed by atoms with E-state index in [-0.39, 0.29) is 11.9 Å².